The maximum absolute atomic E-state index is 12.7. The first kappa shape index (κ1) is 16.7. The van der Waals surface area contributed by atoms with Crippen molar-refractivity contribution in [3.63, 3.8) is 0 Å². The molecule has 1 aromatic carbocycles. The van der Waals surface area contributed by atoms with Crippen LogP contribution in [-0.2, 0) is 14.3 Å². The van der Waals surface area contributed by atoms with Gasteiger partial charge in [0.15, 0.2) is 5.78 Å². The Labute approximate surface area is 146 Å². The van der Waals surface area contributed by atoms with E-state index < -0.39 is 11.9 Å². The normalized spacial score (nSPS) is 20.6. The van der Waals surface area contributed by atoms with Gasteiger partial charge in [0.2, 0.25) is 0 Å². The number of thiophene rings is 1. The van der Waals surface area contributed by atoms with Crippen LogP contribution in [0.4, 0.5) is 0 Å². The second-order valence-electron chi connectivity index (χ2n) is 5.98. The van der Waals surface area contributed by atoms with Gasteiger partial charge in [-0.3, -0.25) is 9.59 Å². The highest BCUT2D eigenvalue weighted by atomic mass is 32.1. The van der Waals surface area contributed by atoms with Crippen LogP contribution in [0.1, 0.15) is 36.0 Å². The van der Waals surface area contributed by atoms with Crippen molar-refractivity contribution in [2.24, 2.45) is 5.92 Å². The van der Waals surface area contributed by atoms with Gasteiger partial charge >= 0.3 is 5.97 Å². The zero-order valence-corrected chi connectivity index (χ0v) is 14.6. The predicted molar refractivity (Wildman–Crippen MR) is 96.0 cm³/mol. The molecule has 1 aliphatic carbocycles. The second-order valence-corrected chi connectivity index (χ2v) is 6.76. The maximum atomic E-state index is 12.7. The standard InChI is InChI=1S/C20H20O3S/c1-3-23-20(22)19-17(16-7-5-4-6-13(16)2)10-15(11-18(19)21)14-8-9-24-12-14/h4-9,11-12,17,19H,3,10H2,1-2H3/t17-,19-/m1/s1. The van der Waals surface area contributed by atoms with Gasteiger partial charge in [-0.1, -0.05) is 24.3 Å². The highest BCUT2D eigenvalue weighted by molar-refractivity contribution is 7.08. The monoisotopic (exact) mass is 340 g/mol. The molecular weight excluding hydrogens is 320 g/mol. The smallest absolute Gasteiger partial charge is 0.317 e. The Kier molecular flexibility index (Phi) is 4.95. The minimum atomic E-state index is -0.756. The molecule has 4 heteroatoms. The molecule has 1 aromatic heterocycles. The lowest BCUT2D eigenvalue weighted by Crippen LogP contribution is -2.34. The van der Waals surface area contributed by atoms with Crippen LogP contribution in [0.2, 0.25) is 0 Å². The van der Waals surface area contributed by atoms with Crippen molar-refractivity contribution in [1.82, 2.24) is 0 Å². The van der Waals surface area contributed by atoms with E-state index in [1.54, 1.807) is 24.3 Å². The molecule has 0 amide bonds. The summed E-state index contributed by atoms with van der Waals surface area (Å²) < 4.78 is 5.18. The van der Waals surface area contributed by atoms with Gasteiger partial charge in [-0.05, 0) is 65.4 Å². The minimum Gasteiger partial charge on any atom is -0.465 e. The first-order valence-corrected chi connectivity index (χ1v) is 9.05. The molecule has 1 heterocycles. The van der Waals surface area contributed by atoms with Crippen LogP contribution in [0, 0.1) is 12.8 Å². The van der Waals surface area contributed by atoms with Gasteiger partial charge in [-0.2, -0.15) is 11.3 Å². The summed E-state index contributed by atoms with van der Waals surface area (Å²) in [5.41, 5.74) is 4.20. The van der Waals surface area contributed by atoms with E-state index in [0.717, 1.165) is 22.3 Å². The van der Waals surface area contributed by atoms with Crippen LogP contribution in [0.5, 0.6) is 0 Å². The lowest BCUT2D eigenvalue weighted by atomic mass is 9.73. The van der Waals surface area contributed by atoms with E-state index >= 15 is 0 Å². The van der Waals surface area contributed by atoms with Crippen LogP contribution in [-0.4, -0.2) is 18.4 Å². The number of allylic oxidation sites excluding steroid dienone is 2. The molecular formula is C20H20O3S. The van der Waals surface area contributed by atoms with E-state index in [0.29, 0.717) is 6.42 Å². The average molecular weight is 340 g/mol. The van der Waals surface area contributed by atoms with Crippen LogP contribution in [0.3, 0.4) is 0 Å². The summed E-state index contributed by atoms with van der Waals surface area (Å²) in [6, 6.07) is 9.97. The van der Waals surface area contributed by atoms with Crippen molar-refractivity contribution < 1.29 is 14.3 Å². The summed E-state index contributed by atoms with van der Waals surface area (Å²) in [5.74, 6) is -1.52. The molecule has 0 bridgehead atoms. The third kappa shape index (κ3) is 3.20. The van der Waals surface area contributed by atoms with Crippen LogP contribution < -0.4 is 0 Å². The number of ketones is 1. The first-order valence-electron chi connectivity index (χ1n) is 8.11. The van der Waals surface area contributed by atoms with Gasteiger partial charge in [0.05, 0.1) is 6.61 Å². The zero-order valence-electron chi connectivity index (χ0n) is 13.8. The zero-order chi connectivity index (χ0) is 17.1. The number of aryl methyl sites for hydroxylation is 1. The van der Waals surface area contributed by atoms with Crippen LogP contribution >= 0.6 is 11.3 Å². The van der Waals surface area contributed by atoms with Crippen molar-refractivity contribution in [2.75, 3.05) is 6.61 Å². The largest absolute Gasteiger partial charge is 0.465 e. The van der Waals surface area contributed by atoms with Crippen molar-refractivity contribution in [3.8, 4) is 0 Å². The summed E-state index contributed by atoms with van der Waals surface area (Å²) in [4.78, 5) is 25.2. The molecule has 0 fully saturated rings. The van der Waals surface area contributed by atoms with Gasteiger partial charge in [0, 0.05) is 5.92 Å². The Bertz CT molecular complexity index is 774. The van der Waals surface area contributed by atoms with Crippen LogP contribution in [0.25, 0.3) is 5.57 Å². The Morgan fingerprint density at radius 2 is 2.08 bits per heavy atom. The molecule has 3 nitrogen and oxygen atoms in total. The molecule has 0 aliphatic heterocycles. The Morgan fingerprint density at radius 1 is 1.29 bits per heavy atom. The number of ether oxygens (including phenoxy) is 1. The Hall–Kier alpha value is -2.20. The number of esters is 1. The van der Waals surface area contributed by atoms with E-state index in [1.165, 1.54) is 0 Å². The third-order valence-corrected chi connectivity index (χ3v) is 5.17. The fourth-order valence-electron chi connectivity index (χ4n) is 3.33. The topological polar surface area (TPSA) is 43.4 Å². The van der Waals surface area contributed by atoms with Gasteiger partial charge in [-0.15, -0.1) is 0 Å². The third-order valence-electron chi connectivity index (χ3n) is 4.49. The second kappa shape index (κ2) is 7.14. The molecule has 2 aromatic rings. The summed E-state index contributed by atoms with van der Waals surface area (Å²) in [6.07, 6.45) is 2.29. The molecule has 2 atom stereocenters. The van der Waals surface area contributed by atoms with E-state index in [9.17, 15) is 9.59 Å². The number of carbonyl (C=O) groups is 2. The highest BCUT2D eigenvalue weighted by Gasteiger charge is 2.40. The lowest BCUT2D eigenvalue weighted by Gasteiger charge is -2.30. The number of carbonyl (C=O) groups excluding carboxylic acids is 2. The van der Waals surface area contributed by atoms with E-state index in [1.807, 2.05) is 48.0 Å². The van der Waals surface area contributed by atoms with Crippen LogP contribution in [0.15, 0.2) is 47.2 Å². The number of rotatable bonds is 4. The maximum Gasteiger partial charge on any atom is 0.317 e. The summed E-state index contributed by atoms with van der Waals surface area (Å²) in [6.45, 7) is 4.06. The lowest BCUT2D eigenvalue weighted by molar-refractivity contribution is -0.151. The fourth-order valence-corrected chi connectivity index (χ4v) is 4.01. The molecule has 0 saturated heterocycles. The number of hydrogen-bond donors (Lipinski definition) is 0. The molecule has 0 saturated carbocycles. The molecule has 0 spiro atoms. The van der Waals surface area contributed by atoms with Gasteiger partial charge in [0.25, 0.3) is 0 Å². The average Bonchev–Trinajstić information content (AvgIpc) is 3.09. The number of benzene rings is 1. The minimum absolute atomic E-state index is 0.158. The molecule has 1 aliphatic rings. The van der Waals surface area contributed by atoms with Crippen molar-refractivity contribution >= 4 is 28.7 Å². The van der Waals surface area contributed by atoms with Crippen molar-refractivity contribution in [3.05, 3.63) is 63.9 Å². The fraction of sp³-hybridized carbons (Fsp3) is 0.300. The SMILES string of the molecule is CCOC(=O)[C@H]1C(=O)C=C(c2ccsc2)C[C@@H]1c1ccccc1C. The highest BCUT2D eigenvalue weighted by Crippen LogP contribution is 2.41. The van der Waals surface area contributed by atoms with Crippen molar-refractivity contribution in [2.45, 2.75) is 26.2 Å². The summed E-state index contributed by atoms with van der Waals surface area (Å²) >= 11 is 1.61. The predicted octanol–water partition coefficient (Wildman–Crippen LogP) is 4.38. The Balaban J connectivity index is 2.04. The molecule has 124 valence electrons. The van der Waals surface area contributed by atoms with Gasteiger partial charge in [-0.25, -0.2) is 0 Å². The quantitative estimate of drug-likeness (QED) is 0.613. The van der Waals surface area contributed by atoms with Crippen molar-refractivity contribution in [1.29, 1.82) is 0 Å². The Morgan fingerprint density at radius 3 is 2.75 bits per heavy atom. The molecule has 24 heavy (non-hydrogen) atoms. The summed E-state index contributed by atoms with van der Waals surface area (Å²) in [5, 5.41) is 4.04. The van der Waals surface area contributed by atoms with E-state index in [2.05, 4.69) is 0 Å². The summed E-state index contributed by atoms with van der Waals surface area (Å²) in [7, 11) is 0. The van der Waals surface area contributed by atoms with Gasteiger partial charge in [0.1, 0.15) is 5.92 Å². The first-order chi connectivity index (χ1) is 11.6. The molecule has 0 radical (unpaired) electrons. The van der Waals surface area contributed by atoms with E-state index in [4.69, 9.17) is 4.74 Å². The molecule has 3 rings (SSSR count). The molecule has 0 N–H and O–H groups in total. The van der Waals surface area contributed by atoms with Gasteiger partial charge < -0.3 is 4.74 Å². The van der Waals surface area contributed by atoms with E-state index in [-0.39, 0.29) is 18.3 Å². The number of hydrogen-bond acceptors (Lipinski definition) is 4. The molecule has 0 unspecified atom stereocenters.